The van der Waals surface area contributed by atoms with Crippen molar-refractivity contribution < 1.29 is 42.1 Å². The number of unbranched alkanes of at least 4 members (excludes halogenated alkanes) is 19. The molecule has 0 bridgehead atoms. The van der Waals surface area contributed by atoms with Crippen LogP contribution in [-0.4, -0.2) is 74.9 Å². The number of carbonyl (C=O) groups is 2. The van der Waals surface area contributed by atoms with Gasteiger partial charge in [-0.2, -0.15) is 0 Å². The maximum absolute atomic E-state index is 12.8. The maximum Gasteiger partial charge on any atom is 0.472 e. The van der Waals surface area contributed by atoms with Crippen LogP contribution in [0.25, 0.3) is 0 Å². The highest BCUT2D eigenvalue weighted by Crippen LogP contribution is 2.43. The molecule has 0 rings (SSSR count). The Balaban J connectivity index is 4.23. The van der Waals surface area contributed by atoms with Gasteiger partial charge in [0.2, 0.25) is 0 Å². The van der Waals surface area contributed by atoms with Crippen molar-refractivity contribution in [3.05, 3.63) is 122 Å². The van der Waals surface area contributed by atoms with Gasteiger partial charge < -0.3 is 18.9 Å². The number of ether oxygens (including phenoxy) is 2. The average Bonchev–Trinajstić information content (AvgIpc) is 3.37. The smallest absolute Gasteiger partial charge is 0.462 e. The summed E-state index contributed by atoms with van der Waals surface area (Å²) >= 11 is 0. The van der Waals surface area contributed by atoms with Gasteiger partial charge in [-0.15, -0.1) is 0 Å². The molecule has 0 amide bonds. The van der Waals surface area contributed by atoms with Crippen molar-refractivity contribution in [1.29, 1.82) is 0 Å². The second kappa shape index (κ2) is 55.2. The van der Waals surface area contributed by atoms with E-state index in [1.54, 1.807) is 0 Å². The van der Waals surface area contributed by atoms with Crippen LogP contribution in [0.3, 0.4) is 0 Å². The Bertz CT molecular complexity index is 1680. The van der Waals surface area contributed by atoms with Gasteiger partial charge in [0, 0.05) is 12.8 Å². The number of hydrogen-bond donors (Lipinski definition) is 1. The minimum absolute atomic E-state index is 0.0213. The molecule has 0 fully saturated rings. The van der Waals surface area contributed by atoms with Gasteiger partial charge in [0.05, 0.1) is 27.7 Å². The summed E-state index contributed by atoms with van der Waals surface area (Å²) in [5, 5.41) is 0. The van der Waals surface area contributed by atoms with Crippen molar-refractivity contribution in [2.45, 2.75) is 232 Å². The van der Waals surface area contributed by atoms with E-state index in [-0.39, 0.29) is 32.0 Å². The summed E-state index contributed by atoms with van der Waals surface area (Å²) in [6.07, 6.45) is 78.4. The number of phosphoric acid groups is 1. The van der Waals surface area contributed by atoms with Crippen LogP contribution < -0.4 is 0 Å². The van der Waals surface area contributed by atoms with E-state index < -0.39 is 26.5 Å². The molecule has 428 valence electrons. The Kier molecular flexibility index (Phi) is 52.5. The van der Waals surface area contributed by atoms with E-state index in [1.807, 2.05) is 21.1 Å². The lowest BCUT2D eigenvalue weighted by molar-refractivity contribution is -0.870. The maximum atomic E-state index is 12.8. The van der Waals surface area contributed by atoms with Crippen LogP contribution in [-0.2, 0) is 32.7 Å². The zero-order chi connectivity index (χ0) is 54.9. The number of nitrogens with zero attached hydrogens (tertiary/aromatic N) is 1. The number of allylic oxidation sites excluding steroid dienone is 20. The highest BCUT2D eigenvalue weighted by Gasteiger charge is 2.27. The van der Waals surface area contributed by atoms with Gasteiger partial charge in [-0.1, -0.05) is 245 Å². The molecule has 75 heavy (non-hydrogen) atoms. The molecule has 0 aromatic rings. The summed E-state index contributed by atoms with van der Waals surface area (Å²) in [6, 6.07) is 0. The summed E-state index contributed by atoms with van der Waals surface area (Å²) in [5.41, 5.74) is 0. The fourth-order valence-electron chi connectivity index (χ4n) is 7.69. The number of phosphoric ester groups is 1. The second-order valence-electron chi connectivity index (χ2n) is 20.7. The van der Waals surface area contributed by atoms with Crippen molar-refractivity contribution in [2.75, 3.05) is 47.5 Å². The molecule has 1 N–H and O–H groups in total. The van der Waals surface area contributed by atoms with E-state index in [0.29, 0.717) is 17.4 Å². The van der Waals surface area contributed by atoms with Crippen LogP contribution in [0.4, 0.5) is 0 Å². The molecule has 0 aliphatic carbocycles. The molecule has 0 aromatic heterocycles. The van der Waals surface area contributed by atoms with E-state index in [1.165, 1.54) is 83.5 Å². The first kappa shape index (κ1) is 71.4. The Morgan fingerprint density at radius 2 is 0.760 bits per heavy atom. The normalized spacial score (nSPS) is 14.2. The monoisotopic (exact) mass is 1060 g/mol. The third kappa shape index (κ3) is 59.5. The molecule has 0 spiro atoms. The third-order valence-corrected chi connectivity index (χ3v) is 13.2. The number of hydrogen-bond acceptors (Lipinski definition) is 7. The van der Waals surface area contributed by atoms with Gasteiger partial charge in [-0.05, 0) is 89.9 Å². The number of carbonyl (C=O) groups excluding carboxylic acids is 2. The predicted octanol–water partition coefficient (Wildman–Crippen LogP) is 18.8. The third-order valence-electron chi connectivity index (χ3n) is 12.3. The Morgan fingerprint density at radius 3 is 1.13 bits per heavy atom. The highest BCUT2D eigenvalue weighted by atomic mass is 31.2. The Hall–Kier alpha value is -3.59. The van der Waals surface area contributed by atoms with Crippen LogP contribution in [0.1, 0.15) is 226 Å². The fraction of sp³-hybridized carbons (Fsp3) is 0.662. The minimum atomic E-state index is -4.40. The molecule has 0 aliphatic rings. The number of quaternary nitrogens is 1. The van der Waals surface area contributed by atoms with Crippen LogP contribution >= 0.6 is 7.82 Å². The Morgan fingerprint density at radius 1 is 0.427 bits per heavy atom. The number of esters is 2. The van der Waals surface area contributed by atoms with Crippen molar-refractivity contribution in [1.82, 2.24) is 0 Å². The molecule has 10 heteroatoms. The topological polar surface area (TPSA) is 108 Å². The average molecular weight is 1070 g/mol. The molecular formula is C65H111NO8P+. The van der Waals surface area contributed by atoms with Crippen molar-refractivity contribution in [3.8, 4) is 0 Å². The summed E-state index contributed by atoms with van der Waals surface area (Å²) in [6.45, 7) is 4.29. The van der Waals surface area contributed by atoms with E-state index in [2.05, 4.69) is 135 Å². The summed E-state index contributed by atoms with van der Waals surface area (Å²) < 4.78 is 34.5. The van der Waals surface area contributed by atoms with Crippen LogP contribution in [0.2, 0.25) is 0 Å². The van der Waals surface area contributed by atoms with Crippen LogP contribution in [0.5, 0.6) is 0 Å². The van der Waals surface area contributed by atoms with Gasteiger partial charge in [0.25, 0.3) is 0 Å². The van der Waals surface area contributed by atoms with Gasteiger partial charge in [0.15, 0.2) is 6.10 Å². The minimum Gasteiger partial charge on any atom is -0.462 e. The predicted molar refractivity (Wildman–Crippen MR) is 321 cm³/mol. The van der Waals surface area contributed by atoms with Gasteiger partial charge in [-0.25, -0.2) is 4.57 Å². The van der Waals surface area contributed by atoms with Crippen LogP contribution in [0, 0.1) is 0 Å². The molecule has 0 heterocycles. The lowest BCUT2D eigenvalue weighted by Gasteiger charge is -2.24. The van der Waals surface area contributed by atoms with Gasteiger partial charge in [0.1, 0.15) is 19.8 Å². The fourth-order valence-corrected chi connectivity index (χ4v) is 8.43. The van der Waals surface area contributed by atoms with Crippen molar-refractivity contribution >= 4 is 19.8 Å². The van der Waals surface area contributed by atoms with E-state index in [9.17, 15) is 19.0 Å². The Labute approximate surface area is 460 Å². The zero-order valence-electron chi connectivity index (χ0n) is 48.5. The van der Waals surface area contributed by atoms with Crippen LogP contribution in [0.15, 0.2) is 122 Å². The van der Waals surface area contributed by atoms with E-state index in [4.69, 9.17) is 18.5 Å². The highest BCUT2D eigenvalue weighted by molar-refractivity contribution is 7.47. The molecule has 9 nitrogen and oxygen atoms in total. The summed E-state index contributed by atoms with van der Waals surface area (Å²) in [7, 11) is 1.45. The molecule has 2 atom stereocenters. The summed E-state index contributed by atoms with van der Waals surface area (Å²) in [4.78, 5) is 35.7. The number of likely N-dealkylation sites (N-methyl/N-ethyl adjacent to an activating group) is 1. The SMILES string of the molecule is CC/C=C\C/C=C\C/C=C\C/C=C\C/C=C\C/C=C\C/C=C\C/C=C\C/C=C\C/C=C\CCCCCCC(=O)OC(COC(=O)CCCCCCCCCCCCCCCCCC)COP(=O)(O)OCC[N+](C)(C)C. The lowest BCUT2D eigenvalue weighted by atomic mass is 10.0. The molecule has 2 unspecified atom stereocenters. The lowest BCUT2D eigenvalue weighted by Crippen LogP contribution is -2.37. The molecule has 0 aromatic carbocycles. The van der Waals surface area contributed by atoms with Gasteiger partial charge in [-0.3, -0.25) is 18.6 Å². The van der Waals surface area contributed by atoms with Crippen molar-refractivity contribution in [2.24, 2.45) is 0 Å². The van der Waals surface area contributed by atoms with Gasteiger partial charge >= 0.3 is 19.8 Å². The standard InChI is InChI=1S/C65H110NO8P/c1-6-8-10-12-14-16-18-20-22-24-25-26-27-28-29-30-31-32-33-34-35-36-37-38-39-40-41-42-44-46-48-50-52-54-56-58-65(68)74-63(62-73-75(69,70)72-60-59-66(3,4)5)61-71-64(67)57-55-53-51-49-47-45-43-23-21-19-17-15-13-11-9-7-2/h8,10,14,16,20,22,25-26,28-29,31-32,34-35,37-38,40-41,44,46,63H,6-7,9,11-13,15,17-19,21,23-24,27,30,33,36,39,42-43,45,47-62H2,1-5H3/p+1/b10-8-,16-14-,22-20-,26-25-,29-28-,32-31-,35-34-,38-37-,41-40-,46-44-. The van der Waals surface area contributed by atoms with E-state index >= 15 is 0 Å². The first-order chi connectivity index (χ1) is 36.5. The summed E-state index contributed by atoms with van der Waals surface area (Å²) in [5.74, 6) is -0.830. The molecule has 0 aliphatic heterocycles. The first-order valence-corrected chi connectivity index (χ1v) is 31.3. The first-order valence-electron chi connectivity index (χ1n) is 29.8. The molecule has 0 saturated carbocycles. The largest absolute Gasteiger partial charge is 0.472 e. The molecule has 0 saturated heterocycles. The number of rotatable bonds is 53. The van der Waals surface area contributed by atoms with E-state index in [0.717, 1.165) is 109 Å². The molecular weight excluding hydrogens is 954 g/mol. The van der Waals surface area contributed by atoms with Crippen molar-refractivity contribution in [3.63, 3.8) is 0 Å². The second-order valence-corrected chi connectivity index (χ2v) is 22.1. The quantitative estimate of drug-likeness (QED) is 0.0211. The molecule has 0 radical (unpaired) electrons. The zero-order valence-corrected chi connectivity index (χ0v) is 49.4.